The Balaban J connectivity index is 1.54. The molecule has 1 aliphatic rings. The molecule has 5 heteroatoms. The summed E-state index contributed by atoms with van der Waals surface area (Å²) >= 11 is 0. The molecule has 1 saturated heterocycles. The lowest BCUT2D eigenvalue weighted by Gasteiger charge is -2.31. The maximum absolute atomic E-state index is 13.1. The number of piperidine rings is 1. The first-order valence-corrected chi connectivity index (χ1v) is 11.1. The number of nitrogens with one attached hydrogen (secondary N) is 1. The van der Waals surface area contributed by atoms with Gasteiger partial charge in [0.05, 0.1) is 17.5 Å². The van der Waals surface area contributed by atoms with Crippen molar-refractivity contribution >= 4 is 27.8 Å². The van der Waals surface area contributed by atoms with E-state index in [0.717, 1.165) is 59.6 Å². The SMILES string of the molecule is CN(c1ccccc1)c1ccccc1-c1cc2ccc(N3CCC(O)CC3)cc2c(=O)[nH]1. The molecule has 1 aliphatic heterocycles. The molecule has 0 aliphatic carbocycles. The molecule has 3 aromatic carbocycles. The number of anilines is 3. The predicted octanol–water partition coefficient (Wildman–Crippen LogP) is 4.92. The van der Waals surface area contributed by atoms with Gasteiger partial charge in [-0.1, -0.05) is 42.5 Å². The number of aromatic nitrogens is 1. The van der Waals surface area contributed by atoms with E-state index in [4.69, 9.17) is 0 Å². The second-order valence-corrected chi connectivity index (χ2v) is 8.41. The van der Waals surface area contributed by atoms with E-state index in [9.17, 15) is 9.90 Å². The van der Waals surface area contributed by atoms with Gasteiger partial charge >= 0.3 is 0 Å². The highest BCUT2D eigenvalue weighted by atomic mass is 16.3. The lowest BCUT2D eigenvalue weighted by molar-refractivity contribution is 0.145. The average molecular weight is 426 g/mol. The highest BCUT2D eigenvalue weighted by molar-refractivity contribution is 5.90. The minimum Gasteiger partial charge on any atom is -0.393 e. The number of benzene rings is 3. The van der Waals surface area contributed by atoms with E-state index in [0.29, 0.717) is 5.39 Å². The van der Waals surface area contributed by atoms with Gasteiger partial charge < -0.3 is 19.9 Å². The van der Waals surface area contributed by atoms with Crippen LogP contribution in [0.15, 0.2) is 83.7 Å². The first-order chi connectivity index (χ1) is 15.6. The van der Waals surface area contributed by atoms with Crippen LogP contribution in [-0.4, -0.2) is 36.3 Å². The van der Waals surface area contributed by atoms with Crippen LogP contribution in [0.25, 0.3) is 22.0 Å². The molecule has 2 heterocycles. The number of hydrogen-bond donors (Lipinski definition) is 2. The average Bonchev–Trinajstić information content (AvgIpc) is 2.84. The van der Waals surface area contributed by atoms with Crippen LogP contribution in [0.2, 0.25) is 0 Å². The molecule has 0 radical (unpaired) electrons. The molecule has 5 rings (SSSR count). The lowest BCUT2D eigenvalue weighted by atomic mass is 10.0. The molecule has 0 saturated carbocycles. The molecular formula is C27H27N3O2. The van der Waals surface area contributed by atoms with Crippen molar-refractivity contribution in [2.75, 3.05) is 29.9 Å². The lowest BCUT2D eigenvalue weighted by Crippen LogP contribution is -2.35. The summed E-state index contributed by atoms with van der Waals surface area (Å²) in [7, 11) is 2.04. The second-order valence-electron chi connectivity index (χ2n) is 8.41. The molecule has 4 aromatic rings. The summed E-state index contributed by atoms with van der Waals surface area (Å²) in [5.41, 5.74) is 4.83. The summed E-state index contributed by atoms with van der Waals surface area (Å²) in [6.07, 6.45) is 1.31. The van der Waals surface area contributed by atoms with Crippen molar-refractivity contribution in [1.82, 2.24) is 4.98 Å². The summed E-state index contributed by atoms with van der Waals surface area (Å²) in [5.74, 6) is 0. The number of aliphatic hydroxyl groups is 1. The topological polar surface area (TPSA) is 59.6 Å². The third kappa shape index (κ3) is 3.87. The number of fused-ring (bicyclic) bond motifs is 1. The second kappa shape index (κ2) is 8.52. The van der Waals surface area contributed by atoms with Crippen LogP contribution in [0.3, 0.4) is 0 Å². The smallest absolute Gasteiger partial charge is 0.256 e. The number of pyridine rings is 1. The van der Waals surface area contributed by atoms with Gasteiger partial charge in [-0.15, -0.1) is 0 Å². The van der Waals surface area contributed by atoms with Crippen LogP contribution < -0.4 is 15.4 Å². The minimum absolute atomic E-state index is 0.0893. The molecule has 0 atom stereocenters. The Labute approximate surface area is 187 Å². The monoisotopic (exact) mass is 425 g/mol. The van der Waals surface area contributed by atoms with Gasteiger partial charge in [0, 0.05) is 42.5 Å². The highest BCUT2D eigenvalue weighted by Gasteiger charge is 2.18. The van der Waals surface area contributed by atoms with Gasteiger partial charge in [-0.3, -0.25) is 4.79 Å². The summed E-state index contributed by atoms with van der Waals surface area (Å²) < 4.78 is 0. The van der Waals surface area contributed by atoms with Crippen molar-refractivity contribution in [3.05, 3.63) is 89.2 Å². The maximum Gasteiger partial charge on any atom is 0.256 e. The number of para-hydroxylation sites is 2. The van der Waals surface area contributed by atoms with Gasteiger partial charge in [-0.25, -0.2) is 0 Å². The molecule has 0 unspecified atom stereocenters. The zero-order valence-electron chi connectivity index (χ0n) is 18.2. The quantitative estimate of drug-likeness (QED) is 0.487. The van der Waals surface area contributed by atoms with E-state index >= 15 is 0 Å². The Morgan fingerprint density at radius 3 is 2.44 bits per heavy atom. The predicted molar refractivity (Wildman–Crippen MR) is 132 cm³/mol. The van der Waals surface area contributed by atoms with E-state index in [-0.39, 0.29) is 11.7 Å². The summed E-state index contributed by atoms with van der Waals surface area (Å²) in [5, 5.41) is 11.4. The highest BCUT2D eigenvalue weighted by Crippen LogP contribution is 2.34. The van der Waals surface area contributed by atoms with Crippen molar-refractivity contribution < 1.29 is 5.11 Å². The van der Waals surface area contributed by atoms with Crippen molar-refractivity contribution in [2.24, 2.45) is 0 Å². The first kappa shape index (κ1) is 20.3. The van der Waals surface area contributed by atoms with Gasteiger partial charge in [-0.2, -0.15) is 0 Å². The van der Waals surface area contributed by atoms with Crippen molar-refractivity contribution in [3.63, 3.8) is 0 Å². The molecule has 1 aromatic heterocycles. The molecule has 1 fully saturated rings. The normalized spacial score (nSPS) is 14.6. The largest absolute Gasteiger partial charge is 0.393 e. The molecule has 0 amide bonds. The molecule has 32 heavy (non-hydrogen) atoms. The number of aliphatic hydroxyl groups excluding tert-OH is 1. The van der Waals surface area contributed by atoms with Gasteiger partial charge in [0.2, 0.25) is 0 Å². The van der Waals surface area contributed by atoms with Gasteiger partial charge in [-0.05, 0) is 54.6 Å². The molecule has 162 valence electrons. The Morgan fingerprint density at radius 1 is 0.938 bits per heavy atom. The van der Waals surface area contributed by atoms with Crippen molar-refractivity contribution in [3.8, 4) is 11.3 Å². The fourth-order valence-corrected chi connectivity index (χ4v) is 4.50. The standard InChI is InChI=1S/C27H27N3O2/c1-29(20-7-3-2-4-8-20)26-10-6-5-9-23(26)25-17-19-11-12-21(18-24(19)27(32)28-25)30-15-13-22(31)14-16-30/h2-12,17-18,22,31H,13-16H2,1H3,(H,28,32). The number of H-pyrrole nitrogens is 1. The van der Waals surface area contributed by atoms with Crippen LogP contribution in [0.5, 0.6) is 0 Å². The summed E-state index contributed by atoms with van der Waals surface area (Å²) in [4.78, 5) is 20.6. The minimum atomic E-state index is -0.216. The molecule has 0 spiro atoms. The Bertz CT molecular complexity index is 1290. The molecule has 5 nitrogen and oxygen atoms in total. The third-order valence-corrected chi connectivity index (χ3v) is 6.36. The van der Waals surface area contributed by atoms with E-state index in [1.807, 2.05) is 55.6 Å². The maximum atomic E-state index is 13.1. The first-order valence-electron chi connectivity index (χ1n) is 11.1. The third-order valence-electron chi connectivity index (χ3n) is 6.36. The van der Waals surface area contributed by atoms with Crippen LogP contribution in [0.4, 0.5) is 17.1 Å². The van der Waals surface area contributed by atoms with E-state index < -0.39 is 0 Å². The Morgan fingerprint density at radius 2 is 1.66 bits per heavy atom. The number of nitrogens with zero attached hydrogens (tertiary/aromatic N) is 2. The zero-order valence-corrected chi connectivity index (χ0v) is 18.2. The van der Waals surface area contributed by atoms with Gasteiger partial charge in [0.25, 0.3) is 5.56 Å². The zero-order chi connectivity index (χ0) is 22.1. The number of aromatic amines is 1. The Hall–Kier alpha value is -3.57. The fraction of sp³-hybridized carbons (Fsp3) is 0.222. The van der Waals surface area contributed by atoms with Crippen LogP contribution in [0, 0.1) is 0 Å². The van der Waals surface area contributed by atoms with Crippen LogP contribution in [-0.2, 0) is 0 Å². The van der Waals surface area contributed by atoms with Gasteiger partial charge in [0.15, 0.2) is 0 Å². The van der Waals surface area contributed by atoms with Gasteiger partial charge in [0.1, 0.15) is 0 Å². The van der Waals surface area contributed by atoms with Crippen LogP contribution in [0.1, 0.15) is 12.8 Å². The van der Waals surface area contributed by atoms with E-state index in [2.05, 4.69) is 45.1 Å². The fourth-order valence-electron chi connectivity index (χ4n) is 4.50. The summed E-state index contributed by atoms with van der Waals surface area (Å²) in [6, 6.07) is 26.4. The molecular weight excluding hydrogens is 398 g/mol. The number of rotatable bonds is 4. The summed E-state index contributed by atoms with van der Waals surface area (Å²) in [6.45, 7) is 1.61. The van der Waals surface area contributed by atoms with Crippen molar-refractivity contribution in [1.29, 1.82) is 0 Å². The Kier molecular flexibility index (Phi) is 5.41. The van der Waals surface area contributed by atoms with E-state index in [1.54, 1.807) is 0 Å². The molecule has 2 N–H and O–H groups in total. The molecule has 0 bridgehead atoms. The number of hydrogen-bond acceptors (Lipinski definition) is 4. The van der Waals surface area contributed by atoms with Crippen molar-refractivity contribution in [2.45, 2.75) is 18.9 Å². The van der Waals surface area contributed by atoms with E-state index in [1.165, 1.54) is 0 Å². The van der Waals surface area contributed by atoms with Crippen LogP contribution >= 0.6 is 0 Å².